The third kappa shape index (κ3) is 4.04. The molecule has 3 rings (SSSR count). The zero-order valence-electron chi connectivity index (χ0n) is 13.0. The molecular weight excluding hydrogens is 310 g/mol. The van der Waals surface area contributed by atoms with Crippen molar-refractivity contribution >= 4 is 23.3 Å². The van der Waals surface area contributed by atoms with Crippen LogP contribution in [0.4, 0.5) is 6.01 Å². The summed E-state index contributed by atoms with van der Waals surface area (Å²) < 4.78 is 5.50. The lowest BCUT2D eigenvalue weighted by Gasteiger charge is -2.02. The highest BCUT2D eigenvalue weighted by atomic mass is 32.1. The van der Waals surface area contributed by atoms with Gasteiger partial charge in [0.15, 0.2) is 0 Å². The molecule has 0 aliphatic rings. The molecule has 1 N–H and O–H groups in total. The van der Waals surface area contributed by atoms with E-state index in [4.69, 9.17) is 4.42 Å². The fourth-order valence-corrected chi connectivity index (χ4v) is 2.90. The molecule has 0 atom stereocenters. The number of hydrogen-bond donors (Lipinski definition) is 1. The molecule has 5 nitrogen and oxygen atoms in total. The number of nitrogens with one attached hydrogen (secondary N) is 1. The largest absolute Gasteiger partial charge is 0.407 e. The van der Waals surface area contributed by atoms with Gasteiger partial charge in [0.1, 0.15) is 0 Å². The fraction of sp³-hybridized carbons (Fsp3) is 0.235. The topological polar surface area (TPSA) is 68.0 Å². The number of hydrogen-bond acceptors (Lipinski definition) is 5. The molecule has 0 spiro atoms. The second-order valence-corrected chi connectivity index (χ2v) is 6.43. The van der Waals surface area contributed by atoms with E-state index in [1.54, 1.807) is 11.3 Å². The fourth-order valence-electron chi connectivity index (χ4n) is 2.20. The van der Waals surface area contributed by atoms with E-state index in [9.17, 15) is 4.79 Å². The van der Waals surface area contributed by atoms with E-state index < -0.39 is 0 Å². The smallest absolute Gasteiger partial charge is 0.322 e. The van der Waals surface area contributed by atoms with Crippen molar-refractivity contribution in [2.75, 3.05) is 5.32 Å². The quantitative estimate of drug-likeness (QED) is 0.778. The number of rotatable bonds is 5. The molecule has 1 aromatic carbocycles. The summed E-state index contributed by atoms with van der Waals surface area (Å²) in [5.41, 5.74) is 3.58. The molecule has 3 aromatic rings. The third-order valence-electron chi connectivity index (χ3n) is 3.55. The average molecular weight is 327 g/mol. The van der Waals surface area contributed by atoms with Crippen molar-refractivity contribution in [2.45, 2.75) is 26.7 Å². The van der Waals surface area contributed by atoms with Crippen LogP contribution in [-0.4, -0.2) is 16.1 Å². The van der Waals surface area contributed by atoms with Gasteiger partial charge in [0.05, 0.1) is 12.8 Å². The van der Waals surface area contributed by atoms with Crippen LogP contribution < -0.4 is 5.32 Å². The maximum absolute atomic E-state index is 11.9. The highest BCUT2D eigenvalue weighted by Crippen LogP contribution is 2.15. The van der Waals surface area contributed by atoms with Gasteiger partial charge in [-0.25, -0.2) is 0 Å². The number of nitrogens with zero attached hydrogens (tertiary/aromatic N) is 2. The summed E-state index contributed by atoms with van der Waals surface area (Å²) in [7, 11) is 0. The molecular formula is C17H17N3O2S. The van der Waals surface area contributed by atoms with E-state index in [1.165, 1.54) is 11.1 Å². The first-order chi connectivity index (χ1) is 11.1. The van der Waals surface area contributed by atoms with Crippen molar-refractivity contribution in [1.82, 2.24) is 10.2 Å². The highest BCUT2D eigenvalue weighted by Gasteiger charge is 2.11. The van der Waals surface area contributed by atoms with Crippen molar-refractivity contribution in [3.63, 3.8) is 0 Å². The Hall–Kier alpha value is -2.47. The van der Waals surface area contributed by atoms with Gasteiger partial charge in [-0.1, -0.05) is 29.4 Å². The maximum Gasteiger partial charge on any atom is 0.322 e. The van der Waals surface area contributed by atoms with Gasteiger partial charge in [-0.3, -0.25) is 10.1 Å². The van der Waals surface area contributed by atoms with Gasteiger partial charge in [0, 0.05) is 4.88 Å². The number of benzene rings is 1. The number of carbonyl (C=O) groups is 1. The van der Waals surface area contributed by atoms with Crippen LogP contribution in [0, 0.1) is 13.8 Å². The van der Waals surface area contributed by atoms with Gasteiger partial charge < -0.3 is 4.42 Å². The van der Waals surface area contributed by atoms with Crippen LogP contribution in [0.1, 0.15) is 27.5 Å². The summed E-state index contributed by atoms with van der Waals surface area (Å²) in [6.07, 6.45) is 0.863. The minimum atomic E-state index is -0.158. The summed E-state index contributed by atoms with van der Waals surface area (Å²) in [4.78, 5) is 12.9. The summed E-state index contributed by atoms with van der Waals surface area (Å²) in [5.74, 6) is 0.327. The molecule has 0 saturated heterocycles. The Morgan fingerprint density at radius 3 is 2.83 bits per heavy atom. The Morgan fingerprint density at radius 1 is 1.22 bits per heavy atom. The predicted octanol–water partition coefficient (Wildman–Crippen LogP) is 3.52. The molecule has 0 saturated carbocycles. The van der Waals surface area contributed by atoms with E-state index in [0.717, 1.165) is 10.4 Å². The molecule has 2 heterocycles. The molecule has 6 heteroatoms. The van der Waals surface area contributed by atoms with Crippen LogP contribution in [-0.2, 0) is 17.6 Å². The Labute approximate surface area is 138 Å². The molecule has 0 fully saturated rings. The summed E-state index contributed by atoms with van der Waals surface area (Å²) in [6, 6.07) is 10.2. The predicted molar refractivity (Wildman–Crippen MR) is 89.7 cm³/mol. The van der Waals surface area contributed by atoms with Crippen molar-refractivity contribution in [2.24, 2.45) is 0 Å². The van der Waals surface area contributed by atoms with Gasteiger partial charge in [-0.05, 0) is 42.0 Å². The van der Waals surface area contributed by atoms with Gasteiger partial charge >= 0.3 is 6.01 Å². The second kappa shape index (κ2) is 6.75. The van der Waals surface area contributed by atoms with Crippen molar-refractivity contribution in [3.05, 3.63) is 63.2 Å². The van der Waals surface area contributed by atoms with E-state index >= 15 is 0 Å². The van der Waals surface area contributed by atoms with Crippen molar-refractivity contribution < 1.29 is 9.21 Å². The maximum atomic E-state index is 11.9. The van der Waals surface area contributed by atoms with E-state index in [1.807, 2.05) is 23.6 Å². The summed E-state index contributed by atoms with van der Waals surface area (Å²) >= 11 is 1.54. The molecule has 0 aliphatic heterocycles. The van der Waals surface area contributed by atoms with Crippen LogP contribution in [0.2, 0.25) is 0 Å². The molecule has 0 radical (unpaired) electrons. The van der Waals surface area contributed by atoms with Crippen LogP contribution >= 0.6 is 11.3 Å². The number of thiophene rings is 1. The lowest BCUT2D eigenvalue weighted by molar-refractivity contribution is -0.115. The number of amides is 1. The van der Waals surface area contributed by atoms with E-state index in [-0.39, 0.29) is 11.9 Å². The van der Waals surface area contributed by atoms with Gasteiger partial charge in [0.25, 0.3) is 0 Å². The van der Waals surface area contributed by atoms with E-state index in [2.05, 4.69) is 41.5 Å². The zero-order valence-corrected chi connectivity index (χ0v) is 13.8. The summed E-state index contributed by atoms with van der Waals surface area (Å²) in [6.45, 7) is 4.15. The zero-order chi connectivity index (χ0) is 16.2. The minimum Gasteiger partial charge on any atom is -0.407 e. The first kappa shape index (κ1) is 15.4. The van der Waals surface area contributed by atoms with Crippen LogP contribution in [0.5, 0.6) is 0 Å². The second-order valence-electron chi connectivity index (χ2n) is 5.40. The monoisotopic (exact) mass is 327 g/mol. The third-order valence-corrected chi connectivity index (χ3v) is 4.43. The van der Waals surface area contributed by atoms with Crippen LogP contribution in [0.25, 0.3) is 0 Å². The molecule has 118 valence electrons. The Kier molecular flexibility index (Phi) is 4.52. The van der Waals surface area contributed by atoms with Crippen LogP contribution in [0.3, 0.4) is 0 Å². The lowest BCUT2D eigenvalue weighted by Crippen LogP contribution is -2.13. The summed E-state index contributed by atoms with van der Waals surface area (Å²) in [5, 5.41) is 12.4. The minimum absolute atomic E-state index is 0.144. The number of aryl methyl sites for hydroxylation is 2. The number of aromatic nitrogens is 2. The number of anilines is 1. The standard InChI is InChI=1S/C17H17N3O2S/c1-11-5-6-13(8-12(11)2)9-16-19-20-17(22-16)18-15(21)10-14-4-3-7-23-14/h3-8H,9-10H2,1-2H3,(H,18,20,21). The Morgan fingerprint density at radius 2 is 2.09 bits per heavy atom. The Balaban J connectivity index is 1.61. The molecule has 0 unspecified atom stereocenters. The first-order valence-corrected chi connectivity index (χ1v) is 8.19. The lowest BCUT2D eigenvalue weighted by atomic mass is 10.0. The number of carbonyl (C=O) groups excluding carboxylic acids is 1. The molecule has 23 heavy (non-hydrogen) atoms. The van der Waals surface area contributed by atoms with Crippen molar-refractivity contribution in [3.8, 4) is 0 Å². The highest BCUT2D eigenvalue weighted by molar-refractivity contribution is 7.10. The van der Waals surface area contributed by atoms with Crippen molar-refractivity contribution in [1.29, 1.82) is 0 Å². The average Bonchev–Trinajstić information content (AvgIpc) is 3.15. The van der Waals surface area contributed by atoms with Gasteiger partial charge in [-0.2, -0.15) is 0 Å². The van der Waals surface area contributed by atoms with Crippen LogP contribution in [0.15, 0.2) is 40.1 Å². The Bertz CT molecular complexity index is 809. The normalized spacial score (nSPS) is 10.7. The van der Waals surface area contributed by atoms with Gasteiger partial charge in [0.2, 0.25) is 11.8 Å². The van der Waals surface area contributed by atoms with Gasteiger partial charge in [-0.15, -0.1) is 16.4 Å². The molecule has 1 amide bonds. The first-order valence-electron chi connectivity index (χ1n) is 7.31. The molecule has 2 aromatic heterocycles. The molecule has 0 aliphatic carbocycles. The SMILES string of the molecule is Cc1ccc(Cc2nnc(NC(=O)Cc3cccs3)o2)cc1C. The molecule has 0 bridgehead atoms. The van der Waals surface area contributed by atoms with E-state index in [0.29, 0.717) is 18.7 Å².